The van der Waals surface area contributed by atoms with Gasteiger partial charge >= 0.3 is 0 Å². The van der Waals surface area contributed by atoms with Gasteiger partial charge in [-0.25, -0.2) is 4.99 Å². The Bertz CT molecular complexity index is 334. The second kappa shape index (κ2) is 7.07. The zero-order chi connectivity index (χ0) is 11.8. The first-order valence-corrected chi connectivity index (χ1v) is 4.83. The second-order valence-electron chi connectivity index (χ2n) is 2.89. The zero-order valence-corrected chi connectivity index (χ0v) is 10.1. The van der Waals surface area contributed by atoms with Crippen LogP contribution >= 0.6 is 11.6 Å². The van der Waals surface area contributed by atoms with Gasteiger partial charge < -0.3 is 4.74 Å². The van der Waals surface area contributed by atoms with Crippen LogP contribution in [0.4, 0.5) is 0 Å². The summed E-state index contributed by atoms with van der Waals surface area (Å²) in [6, 6.07) is 0. The smallest absolute Gasteiger partial charge is 0.125 e. The molecule has 82 valence electrons. The van der Waals surface area contributed by atoms with Crippen LogP contribution in [-0.2, 0) is 4.74 Å². The molecule has 3 heteroatoms. The quantitative estimate of drug-likeness (QED) is 0.396. The van der Waals surface area contributed by atoms with Crippen molar-refractivity contribution in [2.75, 3.05) is 7.11 Å². The van der Waals surface area contributed by atoms with E-state index in [0.29, 0.717) is 10.9 Å². The molecule has 0 rings (SSSR count). The summed E-state index contributed by atoms with van der Waals surface area (Å²) in [7, 11) is 1.59. The molecule has 0 fully saturated rings. The molecule has 0 saturated carbocycles. The average Bonchev–Trinajstić information content (AvgIpc) is 2.21. The van der Waals surface area contributed by atoms with Crippen molar-refractivity contribution < 1.29 is 4.74 Å². The number of halogens is 1. The SMILES string of the molecule is C=CC=C(OC)C(=C)C(C)=CN=C(C)Cl. The molecule has 15 heavy (non-hydrogen) atoms. The summed E-state index contributed by atoms with van der Waals surface area (Å²) < 4.78 is 5.15. The Hall–Kier alpha value is -1.28. The molecule has 0 radical (unpaired) electrons. The maximum absolute atomic E-state index is 5.61. The fourth-order valence-electron chi connectivity index (χ4n) is 0.857. The molecule has 0 spiro atoms. The first kappa shape index (κ1) is 13.7. The van der Waals surface area contributed by atoms with E-state index in [9.17, 15) is 0 Å². The number of ether oxygens (including phenoxy) is 1. The van der Waals surface area contributed by atoms with Gasteiger partial charge in [0, 0.05) is 11.8 Å². The van der Waals surface area contributed by atoms with Crippen molar-refractivity contribution in [3.05, 3.63) is 48.4 Å². The molecule has 2 nitrogen and oxygen atoms in total. The highest BCUT2D eigenvalue weighted by atomic mass is 35.5. The lowest BCUT2D eigenvalue weighted by molar-refractivity contribution is 0.302. The molecular weight excluding hydrogens is 210 g/mol. The summed E-state index contributed by atoms with van der Waals surface area (Å²) in [4.78, 5) is 3.97. The number of rotatable bonds is 5. The van der Waals surface area contributed by atoms with Crippen LogP contribution in [0.1, 0.15) is 13.8 Å². The van der Waals surface area contributed by atoms with Gasteiger partial charge in [0.25, 0.3) is 0 Å². The van der Waals surface area contributed by atoms with Crippen molar-refractivity contribution in [2.24, 2.45) is 4.99 Å². The maximum atomic E-state index is 5.61. The van der Waals surface area contributed by atoms with Crippen LogP contribution in [0.3, 0.4) is 0 Å². The standard InChI is InChI=1S/C12H16ClNO/c1-6-7-12(15-5)10(3)9(2)8-14-11(4)13/h6-8H,1,3H2,2,4-5H3. The molecular formula is C12H16ClNO. The third kappa shape index (κ3) is 5.23. The first-order chi connectivity index (χ1) is 7.02. The van der Waals surface area contributed by atoms with E-state index in [-0.39, 0.29) is 0 Å². The summed E-state index contributed by atoms with van der Waals surface area (Å²) in [6.45, 7) is 11.1. The van der Waals surface area contributed by atoms with Gasteiger partial charge in [0.2, 0.25) is 0 Å². The van der Waals surface area contributed by atoms with Crippen molar-refractivity contribution in [1.29, 1.82) is 0 Å². The Morgan fingerprint density at radius 1 is 1.40 bits per heavy atom. The maximum Gasteiger partial charge on any atom is 0.125 e. The highest BCUT2D eigenvalue weighted by molar-refractivity contribution is 6.64. The molecule has 0 unspecified atom stereocenters. The lowest BCUT2D eigenvalue weighted by Gasteiger charge is -2.08. The summed E-state index contributed by atoms with van der Waals surface area (Å²) in [5, 5.41) is 0.480. The molecule has 0 aliphatic heterocycles. The highest BCUT2D eigenvalue weighted by Crippen LogP contribution is 2.17. The monoisotopic (exact) mass is 225 g/mol. The summed E-state index contributed by atoms with van der Waals surface area (Å²) in [5.74, 6) is 0.668. The Labute approximate surface area is 96.3 Å². The molecule has 0 aliphatic carbocycles. The Morgan fingerprint density at radius 2 is 2.00 bits per heavy atom. The number of hydrogen-bond donors (Lipinski definition) is 0. The van der Waals surface area contributed by atoms with Crippen molar-refractivity contribution in [1.82, 2.24) is 0 Å². The molecule has 0 aromatic rings. The van der Waals surface area contributed by atoms with Crippen LogP contribution in [0.5, 0.6) is 0 Å². The second-order valence-corrected chi connectivity index (χ2v) is 3.43. The predicted molar refractivity (Wildman–Crippen MR) is 67.1 cm³/mol. The minimum atomic E-state index is 0.480. The topological polar surface area (TPSA) is 21.6 Å². The first-order valence-electron chi connectivity index (χ1n) is 4.46. The molecule has 0 atom stereocenters. The molecule has 0 aromatic heterocycles. The molecule has 0 amide bonds. The number of aliphatic imine (C=N–C) groups is 1. The molecule has 0 saturated heterocycles. The molecule has 0 bridgehead atoms. The van der Waals surface area contributed by atoms with E-state index in [0.717, 1.165) is 11.1 Å². The molecule has 0 aliphatic rings. The summed E-state index contributed by atoms with van der Waals surface area (Å²) in [6.07, 6.45) is 5.05. The lowest BCUT2D eigenvalue weighted by atomic mass is 10.1. The van der Waals surface area contributed by atoms with Crippen LogP contribution in [0.15, 0.2) is 53.4 Å². The van der Waals surface area contributed by atoms with E-state index >= 15 is 0 Å². The average molecular weight is 226 g/mol. The molecule has 0 N–H and O–H groups in total. The van der Waals surface area contributed by atoms with Gasteiger partial charge in [-0.05, 0) is 25.5 Å². The normalized spacial score (nSPS) is 13.7. The summed E-state index contributed by atoms with van der Waals surface area (Å²) in [5.41, 5.74) is 1.66. The van der Waals surface area contributed by atoms with Gasteiger partial charge in [0.05, 0.1) is 7.11 Å². The number of allylic oxidation sites excluding steroid dienone is 3. The van der Waals surface area contributed by atoms with E-state index in [2.05, 4.69) is 18.2 Å². The van der Waals surface area contributed by atoms with E-state index in [1.807, 2.05) is 6.92 Å². The fourth-order valence-corrected chi connectivity index (χ4v) is 0.906. The Morgan fingerprint density at radius 3 is 2.40 bits per heavy atom. The van der Waals surface area contributed by atoms with E-state index < -0.39 is 0 Å². The Kier molecular flexibility index (Phi) is 6.47. The minimum absolute atomic E-state index is 0.480. The van der Waals surface area contributed by atoms with Crippen LogP contribution in [0.25, 0.3) is 0 Å². The van der Waals surface area contributed by atoms with Crippen molar-refractivity contribution in [2.45, 2.75) is 13.8 Å². The number of methoxy groups -OCH3 is 1. The van der Waals surface area contributed by atoms with Crippen LogP contribution in [0, 0.1) is 0 Å². The van der Waals surface area contributed by atoms with E-state index in [1.54, 1.807) is 32.4 Å². The summed E-state index contributed by atoms with van der Waals surface area (Å²) >= 11 is 5.61. The van der Waals surface area contributed by atoms with Gasteiger partial charge in [-0.15, -0.1) is 0 Å². The zero-order valence-electron chi connectivity index (χ0n) is 9.38. The van der Waals surface area contributed by atoms with Gasteiger partial charge in [-0.1, -0.05) is 30.8 Å². The lowest BCUT2D eigenvalue weighted by Crippen LogP contribution is -1.92. The van der Waals surface area contributed by atoms with E-state index in [4.69, 9.17) is 16.3 Å². The van der Waals surface area contributed by atoms with Gasteiger partial charge in [0.15, 0.2) is 0 Å². The predicted octanol–water partition coefficient (Wildman–Crippen LogP) is 3.82. The van der Waals surface area contributed by atoms with Crippen LogP contribution in [-0.4, -0.2) is 12.3 Å². The van der Waals surface area contributed by atoms with Gasteiger partial charge in [-0.2, -0.15) is 0 Å². The minimum Gasteiger partial charge on any atom is -0.496 e. The van der Waals surface area contributed by atoms with Crippen molar-refractivity contribution in [3.63, 3.8) is 0 Å². The van der Waals surface area contributed by atoms with Gasteiger partial charge in [-0.3, -0.25) is 0 Å². The largest absolute Gasteiger partial charge is 0.496 e. The number of nitrogens with zero attached hydrogens (tertiary/aromatic N) is 1. The van der Waals surface area contributed by atoms with Crippen LogP contribution < -0.4 is 0 Å². The highest BCUT2D eigenvalue weighted by Gasteiger charge is 2.03. The van der Waals surface area contributed by atoms with E-state index in [1.165, 1.54) is 0 Å². The van der Waals surface area contributed by atoms with Crippen molar-refractivity contribution in [3.8, 4) is 0 Å². The molecule has 0 aromatic carbocycles. The van der Waals surface area contributed by atoms with Gasteiger partial charge in [0.1, 0.15) is 10.9 Å². The van der Waals surface area contributed by atoms with Crippen molar-refractivity contribution >= 4 is 16.8 Å². The van der Waals surface area contributed by atoms with Crippen LogP contribution in [0.2, 0.25) is 0 Å². The molecule has 0 heterocycles. The number of hydrogen-bond acceptors (Lipinski definition) is 2. The fraction of sp³-hybridized carbons (Fsp3) is 0.250. The third-order valence-corrected chi connectivity index (χ3v) is 1.80. The Balaban J connectivity index is 4.85. The third-order valence-electron chi connectivity index (χ3n) is 1.70.